The average molecular weight is 242 g/mol. The van der Waals surface area contributed by atoms with Crippen molar-refractivity contribution in [3.05, 3.63) is 59.2 Å². The van der Waals surface area contributed by atoms with Crippen LogP contribution >= 0.6 is 0 Å². The fourth-order valence-electron chi connectivity index (χ4n) is 1.58. The Morgan fingerprint density at radius 2 is 1.61 bits per heavy atom. The van der Waals surface area contributed by atoms with Crippen molar-refractivity contribution >= 4 is 5.97 Å². The van der Waals surface area contributed by atoms with E-state index in [4.69, 9.17) is 4.74 Å². The van der Waals surface area contributed by atoms with Crippen molar-refractivity contribution in [1.29, 1.82) is 0 Å². The van der Waals surface area contributed by atoms with Crippen LogP contribution in [0.25, 0.3) is 0 Å². The lowest BCUT2D eigenvalue weighted by molar-refractivity contribution is 0.0731. The summed E-state index contributed by atoms with van der Waals surface area (Å²) in [6.45, 7) is 3.80. The summed E-state index contributed by atoms with van der Waals surface area (Å²) in [7, 11) is 0. The molecule has 0 aliphatic heterocycles. The molecular weight excluding hydrogens is 228 g/mol. The molecule has 3 heteroatoms. The molecule has 0 bridgehead atoms. The Balaban J connectivity index is 2.19. The van der Waals surface area contributed by atoms with E-state index in [1.54, 1.807) is 24.3 Å². The molecule has 3 nitrogen and oxygen atoms in total. The lowest BCUT2D eigenvalue weighted by Crippen LogP contribution is -2.08. The molecular formula is C15H14O3. The zero-order chi connectivity index (χ0) is 13.1. The zero-order valence-corrected chi connectivity index (χ0v) is 10.3. The van der Waals surface area contributed by atoms with Crippen LogP contribution in [0.15, 0.2) is 42.5 Å². The van der Waals surface area contributed by atoms with Crippen molar-refractivity contribution in [2.24, 2.45) is 0 Å². The number of rotatable bonds is 2. The number of benzene rings is 2. The molecule has 0 aromatic heterocycles. The van der Waals surface area contributed by atoms with Gasteiger partial charge in [0.2, 0.25) is 0 Å². The largest absolute Gasteiger partial charge is 0.507 e. The first-order chi connectivity index (χ1) is 8.56. The number of aryl methyl sites for hydroxylation is 2. The van der Waals surface area contributed by atoms with E-state index < -0.39 is 5.97 Å². The van der Waals surface area contributed by atoms with Crippen molar-refractivity contribution in [2.75, 3.05) is 0 Å². The Morgan fingerprint density at radius 1 is 1.00 bits per heavy atom. The number of carbonyl (C=O) groups excluding carboxylic acids is 1. The standard InChI is InChI=1S/C15H14O3/c1-10-3-6-12(7-4-10)18-15(17)13-8-5-11(2)9-14(13)16/h3-9,16H,1-2H3. The lowest BCUT2D eigenvalue weighted by Gasteiger charge is -2.06. The van der Waals surface area contributed by atoms with E-state index in [9.17, 15) is 9.90 Å². The van der Waals surface area contributed by atoms with Crippen LogP contribution in [0.3, 0.4) is 0 Å². The predicted octanol–water partition coefficient (Wildman–Crippen LogP) is 3.23. The maximum atomic E-state index is 11.8. The summed E-state index contributed by atoms with van der Waals surface area (Å²) in [6, 6.07) is 12.0. The minimum absolute atomic E-state index is 0.0629. The monoisotopic (exact) mass is 242 g/mol. The number of ether oxygens (including phenoxy) is 1. The van der Waals surface area contributed by atoms with Gasteiger partial charge in [-0.3, -0.25) is 0 Å². The molecule has 92 valence electrons. The van der Waals surface area contributed by atoms with E-state index in [1.165, 1.54) is 6.07 Å². The Hall–Kier alpha value is -2.29. The van der Waals surface area contributed by atoms with Gasteiger partial charge in [0.05, 0.1) is 0 Å². The summed E-state index contributed by atoms with van der Waals surface area (Å²) in [5.74, 6) is -0.158. The van der Waals surface area contributed by atoms with Crippen LogP contribution in [-0.4, -0.2) is 11.1 Å². The first kappa shape index (κ1) is 12.2. The Kier molecular flexibility index (Phi) is 3.33. The van der Waals surface area contributed by atoms with Gasteiger partial charge in [0.1, 0.15) is 17.1 Å². The van der Waals surface area contributed by atoms with Crippen LogP contribution < -0.4 is 4.74 Å². The van der Waals surface area contributed by atoms with E-state index in [-0.39, 0.29) is 11.3 Å². The van der Waals surface area contributed by atoms with Crippen molar-refractivity contribution < 1.29 is 14.6 Å². The number of hydrogen-bond acceptors (Lipinski definition) is 3. The molecule has 0 aliphatic rings. The topological polar surface area (TPSA) is 46.5 Å². The fourth-order valence-corrected chi connectivity index (χ4v) is 1.58. The van der Waals surface area contributed by atoms with Gasteiger partial charge in [-0.15, -0.1) is 0 Å². The van der Waals surface area contributed by atoms with Gasteiger partial charge < -0.3 is 9.84 Å². The Morgan fingerprint density at radius 3 is 2.22 bits per heavy atom. The summed E-state index contributed by atoms with van der Waals surface area (Å²) < 4.78 is 5.18. The highest BCUT2D eigenvalue weighted by atomic mass is 16.5. The Bertz CT molecular complexity index is 571. The highest BCUT2D eigenvalue weighted by Gasteiger charge is 2.13. The van der Waals surface area contributed by atoms with Crippen LogP contribution in [0.2, 0.25) is 0 Å². The first-order valence-corrected chi connectivity index (χ1v) is 5.65. The smallest absolute Gasteiger partial charge is 0.347 e. The van der Waals surface area contributed by atoms with Gasteiger partial charge in [0, 0.05) is 0 Å². The number of esters is 1. The lowest BCUT2D eigenvalue weighted by atomic mass is 10.1. The van der Waals surface area contributed by atoms with Gasteiger partial charge in [0.15, 0.2) is 0 Å². The SMILES string of the molecule is Cc1ccc(OC(=O)c2ccc(C)cc2O)cc1. The summed E-state index contributed by atoms with van der Waals surface area (Å²) in [5, 5.41) is 9.68. The predicted molar refractivity (Wildman–Crippen MR) is 69.0 cm³/mol. The fraction of sp³-hybridized carbons (Fsp3) is 0.133. The number of hydrogen-bond donors (Lipinski definition) is 1. The second-order valence-electron chi connectivity index (χ2n) is 4.22. The van der Waals surface area contributed by atoms with Gasteiger partial charge >= 0.3 is 5.97 Å². The molecule has 0 saturated carbocycles. The molecule has 0 fully saturated rings. The van der Waals surface area contributed by atoms with Crippen LogP contribution in [-0.2, 0) is 0 Å². The second kappa shape index (κ2) is 4.92. The zero-order valence-electron chi connectivity index (χ0n) is 10.3. The molecule has 0 radical (unpaired) electrons. The summed E-state index contributed by atoms with van der Waals surface area (Å²) in [6.07, 6.45) is 0. The van der Waals surface area contributed by atoms with Gasteiger partial charge in [-0.05, 0) is 43.7 Å². The van der Waals surface area contributed by atoms with E-state index in [2.05, 4.69) is 0 Å². The molecule has 0 atom stereocenters. The first-order valence-electron chi connectivity index (χ1n) is 5.65. The van der Waals surface area contributed by atoms with E-state index in [1.807, 2.05) is 26.0 Å². The third-order valence-electron chi connectivity index (χ3n) is 2.60. The number of phenols is 1. The van der Waals surface area contributed by atoms with Crippen LogP contribution in [0.4, 0.5) is 0 Å². The molecule has 18 heavy (non-hydrogen) atoms. The number of carbonyl (C=O) groups is 1. The average Bonchev–Trinajstić information content (AvgIpc) is 2.32. The molecule has 2 aromatic carbocycles. The summed E-state index contributed by atoms with van der Waals surface area (Å²) in [4.78, 5) is 11.8. The van der Waals surface area contributed by atoms with Crippen molar-refractivity contribution in [1.82, 2.24) is 0 Å². The van der Waals surface area contributed by atoms with Crippen molar-refractivity contribution in [2.45, 2.75) is 13.8 Å². The van der Waals surface area contributed by atoms with E-state index in [0.717, 1.165) is 11.1 Å². The van der Waals surface area contributed by atoms with Crippen LogP contribution in [0, 0.1) is 13.8 Å². The van der Waals surface area contributed by atoms with E-state index in [0.29, 0.717) is 5.75 Å². The normalized spacial score (nSPS) is 10.1. The molecule has 0 aliphatic carbocycles. The molecule has 2 aromatic rings. The minimum atomic E-state index is -0.559. The quantitative estimate of drug-likeness (QED) is 0.649. The maximum Gasteiger partial charge on any atom is 0.347 e. The molecule has 2 rings (SSSR count). The highest BCUT2D eigenvalue weighted by molar-refractivity contribution is 5.93. The van der Waals surface area contributed by atoms with E-state index >= 15 is 0 Å². The van der Waals surface area contributed by atoms with Gasteiger partial charge in [-0.1, -0.05) is 23.8 Å². The van der Waals surface area contributed by atoms with Crippen molar-refractivity contribution in [3.8, 4) is 11.5 Å². The molecule has 0 unspecified atom stereocenters. The number of phenolic OH excluding ortho intramolecular Hbond substituents is 1. The minimum Gasteiger partial charge on any atom is -0.507 e. The van der Waals surface area contributed by atoms with Crippen LogP contribution in [0.1, 0.15) is 21.5 Å². The molecule has 0 saturated heterocycles. The Labute approximate surface area is 106 Å². The molecule has 0 amide bonds. The molecule has 1 N–H and O–H groups in total. The van der Waals surface area contributed by atoms with Gasteiger partial charge in [-0.2, -0.15) is 0 Å². The third kappa shape index (κ3) is 2.69. The second-order valence-corrected chi connectivity index (χ2v) is 4.22. The summed E-state index contributed by atoms with van der Waals surface area (Å²) in [5.41, 5.74) is 2.15. The highest BCUT2D eigenvalue weighted by Crippen LogP contribution is 2.21. The van der Waals surface area contributed by atoms with Gasteiger partial charge in [-0.25, -0.2) is 4.79 Å². The third-order valence-corrected chi connectivity index (χ3v) is 2.60. The van der Waals surface area contributed by atoms with Gasteiger partial charge in [0.25, 0.3) is 0 Å². The van der Waals surface area contributed by atoms with Crippen molar-refractivity contribution in [3.63, 3.8) is 0 Å². The maximum absolute atomic E-state index is 11.8. The summed E-state index contributed by atoms with van der Waals surface area (Å²) >= 11 is 0. The van der Waals surface area contributed by atoms with Crippen LogP contribution in [0.5, 0.6) is 11.5 Å². The molecule has 0 heterocycles. The number of aromatic hydroxyl groups is 1. The molecule has 0 spiro atoms.